The number of ketones is 1. The monoisotopic (exact) mass is 530 g/mol. The maximum absolute atomic E-state index is 13.2. The molecule has 2 fully saturated rings. The largest absolute Gasteiger partial charge is 0.299 e. The number of carbonyl (C=O) groups is 1. The smallest absolute Gasteiger partial charge is 0.141 e. The van der Waals surface area contributed by atoms with E-state index in [2.05, 4.69) is 72.6 Å². The molecule has 2 aliphatic rings. The average Bonchev–Trinajstić information content (AvgIpc) is 3.36. The topological polar surface area (TPSA) is 20.3 Å². The lowest BCUT2D eigenvalue weighted by Crippen LogP contribution is -2.46. The molecule has 0 bridgehead atoms. The zero-order valence-corrected chi connectivity index (χ0v) is 28.3. The number of hydrogen-bond donors (Lipinski definition) is 0. The minimum Gasteiger partial charge on any atom is -0.299 e. The van der Waals surface area contributed by atoms with Crippen LogP contribution in [0, 0.1) is 5.41 Å². The summed E-state index contributed by atoms with van der Waals surface area (Å²) in [6, 6.07) is 21.4. The molecule has 2 aromatic carbocycles. The lowest BCUT2D eigenvalue weighted by Gasteiger charge is -2.46. The molecule has 1 aliphatic heterocycles. The van der Waals surface area contributed by atoms with Gasteiger partial charge in [0, 0.05) is 17.9 Å². The minimum absolute atomic E-state index is 0.213. The van der Waals surface area contributed by atoms with Crippen LogP contribution in [-0.2, 0) is 4.79 Å². The van der Waals surface area contributed by atoms with Crippen LogP contribution in [0.25, 0.3) is 0 Å². The molecule has 1 spiro atoms. The van der Waals surface area contributed by atoms with Gasteiger partial charge in [0.2, 0.25) is 0 Å². The third-order valence-corrected chi connectivity index (χ3v) is 6.08. The summed E-state index contributed by atoms with van der Waals surface area (Å²) in [5.41, 5.74) is 2.40. The zero-order valence-electron chi connectivity index (χ0n) is 28.3. The van der Waals surface area contributed by atoms with Gasteiger partial charge in [-0.05, 0) is 49.9 Å². The molecular weight excluding hydrogens is 462 g/mol. The minimum atomic E-state index is -0.213. The molecule has 222 valence electrons. The lowest BCUT2D eigenvalue weighted by molar-refractivity contribution is -0.132. The van der Waals surface area contributed by atoms with Crippen molar-refractivity contribution in [1.82, 2.24) is 4.90 Å². The fraction of sp³-hybridized carbons (Fsp3) is 0.639. The summed E-state index contributed by atoms with van der Waals surface area (Å²) in [5.74, 6) is 0.841. The number of rotatable bonds is 2. The SMILES string of the molecule is CC.CC.CC.CC.CC.CC.CC.CN1CCC[C@@]2(CC(c3ccccc3)CC2=O)[C@@H]1c1ccccc1. The summed E-state index contributed by atoms with van der Waals surface area (Å²) >= 11 is 0. The van der Waals surface area contributed by atoms with Gasteiger partial charge in [0.15, 0.2) is 0 Å². The molecule has 38 heavy (non-hydrogen) atoms. The Labute approximate surface area is 240 Å². The summed E-state index contributed by atoms with van der Waals surface area (Å²) in [6.45, 7) is 29.1. The van der Waals surface area contributed by atoms with Crippen LogP contribution in [0.5, 0.6) is 0 Å². The van der Waals surface area contributed by atoms with Crippen LogP contribution in [0.2, 0.25) is 0 Å². The van der Waals surface area contributed by atoms with Crippen LogP contribution in [0.4, 0.5) is 0 Å². The third kappa shape index (κ3) is 12.7. The Bertz CT molecular complexity index is 713. The molecule has 3 atom stereocenters. The van der Waals surface area contributed by atoms with E-state index in [9.17, 15) is 4.79 Å². The maximum atomic E-state index is 13.2. The van der Waals surface area contributed by atoms with E-state index in [0.29, 0.717) is 18.1 Å². The molecule has 1 heterocycles. The molecule has 4 rings (SSSR count). The van der Waals surface area contributed by atoms with Gasteiger partial charge in [-0.1, -0.05) is 158 Å². The second-order valence-electron chi connectivity index (χ2n) is 7.49. The first kappa shape index (κ1) is 43.1. The number of Topliss-reactive ketones (excluding diaryl/α,β-unsaturated/α-hetero) is 1. The van der Waals surface area contributed by atoms with Crippen molar-refractivity contribution in [2.45, 2.75) is 135 Å². The first-order valence-electron chi connectivity index (χ1n) is 16.0. The van der Waals surface area contributed by atoms with Crippen molar-refractivity contribution in [3.8, 4) is 0 Å². The fourth-order valence-electron chi connectivity index (χ4n) is 5.06. The molecule has 1 saturated heterocycles. The molecule has 0 N–H and O–H groups in total. The number of benzene rings is 2. The number of carbonyl (C=O) groups excluding carboxylic acids is 1. The fourth-order valence-corrected chi connectivity index (χ4v) is 5.06. The molecule has 0 radical (unpaired) electrons. The first-order chi connectivity index (χ1) is 18.7. The highest BCUT2D eigenvalue weighted by Gasteiger charge is 2.54. The summed E-state index contributed by atoms with van der Waals surface area (Å²) in [4.78, 5) is 15.6. The van der Waals surface area contributed by atoms with Gasteiger partial charge in [-0.2, -0.15) is 0 Å². The Morgan fingerprint density at radius 3 is 1.45 bits per heavy atom. The summed E-state index contributed by atoms with van der Waals surface area (Å²) in [7, 11) is 2.18. The van der Waals surface area contributed by atoms with Crippen molar-refractivity contribution >= 4 is 5.78 Å². The Balaban J connectivity index is -0.000000361. The summed E-state index contributed by atoms with van der Waals surface area (Å²) in [6.07, 6.45) is 3.83. The van der Waals surface area contributed by atoms with Crippen molar-refractivity contribution < 1.29 is 4.79 Å². The van der Waals surface area contributed by atoms with Crippen molar-refractivity contribution in [2.24, 2.45) is 5.41 Å². The van der Waals surface area contributed by atoms with E-state index >= 15 is 0 Å². The van der Waals surface area contributed by atoms with Crippen molar-refractivity contribution in [3.63, 3.8) is 0 Å². The van der Waals surface area contributed by atoms with Crippen molar-refractivity contribution in [3.05, 3.63) is 71.8 Å². The Morgan fingerprint density at radius 1 is 0.632 bits per heavy atom. The van der Waals surface area contributed by atoms with Crippen LogP contribution in [0.3, 0.4) is 0 Å². The Hall–Kier alpha value is -1.93. The van der Waals surface area contributed by atoms with Gasteiger partial charge < -0.3 is 0 Å². The number of nitrogens with zero attached hydrogens (tertiary/aromatic N) is 1. The molecule has 0 aromatic heterocycles. The van der Waals surface area contributed by atoms with E-state index in [1.54, 1.807) is 0 Å². The zero-order chi connectivity index (χ0) is 30.6. The van der Waals surface area contributed by atoms with E-state index in [4.69, 9.17) is 0 Å². The van der Waals surface area contributed by atoms with Gasteiger partial charge >= 0.3 is 0 Å². The van der Waals surface area contributed by atoms with E-state index in [1.807, 2.05) is 96.9 Å². The van der Waals surface area contributed by atoms with Gasteiger partial charge in [0.1, 0.15) is 5.78 Å². The van der Waals surface area contributed by atoms with Crippen LogP contribution >= 0.6 is 0 Å². The second-order valence-corrected chi connectivity index (χ2v) is 7.49. The second kappa shape index (κ2) is 29.6. The highest BCUT2D eigenvalue weighted by atomic mass is 16.1. The van der Waals surface area contributed by atoms with E-state index in [-0.39, 0.29) is 11.5 Å². The standard InChI is InChI=1S/C22H25NO.7C2H6/c1-23-14-8-13-22(21(23)18-11-6-3-7-12-18)16-19(15-20(22)24)17-9-4-2-5-10-17;7*1-2/h2-7,9-12,19,21H,8,13-16H2,1H3;7*1-2H3/t19?,21-,22-;;;;;;;/m0......./s1. The Kier molecular flexibility index (Phi) is 33.6. The van der Waals surface area contributed by atoms with Gasteiger partial charge in [0.25, 0.3) is 0 Å². The molecule has 2 heteroatoms. The first-order valence-corrected chi connectivity index (χ1v) is 16.0. The van der Waals surface area contributed by atoms with E-state index < -0.39 is 0 Å². The van der Waals surface area contributed by atoms with Gasteiger partial charge in [-0.15, -0.1) is 0 Å². The molecular formula is C36H67NO. The molecule has 2 nitrogen and oxygen atoms in total. The van der Waals surface area contributed by atoms with E-state index in [0.717, 1.165) is 25.8 Å². The third-order valence-electron chi connectivity index (χ3n) is 6.08. The van der Waals surface area contributed by atoms with Gasteiger partial charge in [0.05, 0.1) is 0 Å². The van der Waals surface area contributed by atoms with Crippen molar-refractivity contribution in [1.29, 1.82) is 0 Å². The summed E-state index contributed by atoms with van der Waals surface area (Å²) in [5, 5.41) is 0. The molecule has 1 aliphatic carbocycles. The quantitative estimate of drug-likeness (QED) is 0.385. The predicted molar refractivity (Wildman–Crippen MR) is 176 cm³/mol. The number of piperidine rings is 1. The van der Waals surface area contributed by atoms with Crippen LogP contribution in [0.15, 0.2) is 60.7 Å². The number of hydrogen-bond acceptors (Lipinski definition) is 2. The van der Waals surface area contributed by atoms with Gasteiger partial charge in [-0.3, -0.25) is 9.69 Å². The van der Waals surface area contributed by atoms with E-state index in [1.165, 1.54) is 11.1 Å². The molecule has 1 saturated carbocycles. The Morgan fingerprint density at radius 2 is 1.03 bits per heavy atom. The molecule has 1 unspecified atom stereocenters. The van der Waals surface area contributed by atoms with Crippen LogP contribution in [-0.4, -0.2) is 24.3 Å². The maximum Gasteiger partial charge on any atom is 0.141 e. The van der Waals surface area contributed by atoms with Crippen LogP contribution in [0.1, 0.15) is 146 Å². The highest BCUT2D eigenvalue weighted by Crippen LogP contribution is 2.56. The highest BCUT2D eigenvalue weighted by molar-refractivity contribution is 5.89. The molecule has 2 aromatic rings. The predicted octanol–water partition coefficient (Wildman–Crippen LogP) is 11.8. The molecule has 0 amide bonds. The van der Waals surface area contributed by atoms with Crippen LogP contribution < -0.4 is 0 Å². The summed E-state index contributed by atoms with van der Waals surface area (Å²) < 4.78 is 0. The normalized spacial score (nSPS) is 20.6. The lowest BCUT2D eigenvalue weighted by atomic mass is 9.68. The number of likely N-dealkylation sites (tertiary alicyclic amines) is 1. The average molecular weight is 530 g/mol. The van der Waals surface area contributed by atoms with Gasteiger partial charge in [-0.25, -0.2) is 0 Å². The van der Waals surface area contributed by atoms with Crippen molar-refractivity contribution in [2.75, 3.05) is 13.6 Å².